The van der Waals surface area contributed by atoms with Crippen molar-refractivity contribution in [1.29, 1.82) is 0 Å². The number of amides is 1. The minimum Gasteiger partial charge on any atom is -0.370 e. The van der Waals surface area contributed by atoms with Crippen LogP contribution in [-0.2, 0) is 4.79 Å². The summed E-state index contributed by atoms with van der Waals surface area (Å²) in [7, 11) is 1.77. The third-order valence-electron chi connectivity index (χ3n) is 1.83. The average Bonchev–Trinajstić information content (AvgIpc) is 2.20. The third kappa shape index (κ3) is 7.42. The van der Waals surface area contributed by atoms with Gasteiger partial charge in [-0.05, 0) is 13.1 Å². The Hall–Kier alpha value is -1.65. The van der Waals surface area contributed by atoms with E-state index in [4.69, 9.17) is 0 Å². The van der Waals surface area contributed by atoms with E-state index in [1.54, 1.807) is 18.9 Å². The van der Waals surface area contributed by atoms with E-state index in [0.717, 1.165) is 19.5 Å². The monoisotopic (exact) mass is 210 g/mol. The second-order valence-electron chi connectivity index (χ2n) is 3.09. The van der Waals surface area contributed by atoms with E-state index in [-0.39, 0.29) is 5.91 Å². The lowest BCUT2D eigenvalue weighted by atomic mass is 10.4. The molecule has 0 rings (SSSR count). The van der Waals surface area contributed by atoms with Gasteiger partial charge in [0.15, 0.2) is 0 Å². The Morgan fingerprint density at radius 2 is 2.27 bits per heavy atom. The van der Waals surface area contributed by atoms with Crippen LogP contribution in [-0.4, -0.2) is 44.0 Å². The average molecular weight is 210 g/mol. The molecule has 0 aliphatic heterocycles. The Labute approximate surface area is 90.6 Å². The Morgan fingerprint density at radius 1 is 1.60 bits per heavy atom. The highest BCUT2D eigenvalue weighted by Crippen LogP contribution is 1.89. The van der Waals surface area contributed by atoms with Crippen molar-refractivity contribution in [3.63, 3.8) is 0 Å². The van der Waals surface area contributed by atoms with Crippen molar-refractivity contribution in [2.24, 2.45) is 9.98 Å². The summed E-state index contributed by atoms with van der Waals surface area (Å²) in [5.74, 6) is 0.621. The van der Waals surface area contributed by atoms with E-state index in [9.17, 15) is 4.79 Å². The van der Waals surface area contributed by atoms with E-state index in [2.05, 4.69) is 28.6 Å². The molecule has 1 N–H and O–H groups in total. The summed E-state index contributed by atoms with van der Waals surface area (Å²) in [4.78, 5) is 19.8. The van der Waals surface area contributed by atoms with Crippen molar-refractivity contribution in [2.45, 2.75) is 13.3 Å². The van der Waals surface area contributed by atoms with E-state index in [0.29, 0.717) is 5.82 Å². The lowest BCUT2D eigenvalue weighted by molar-refractivity contribution is -0.127. The van der Waals surface area contributed by atoms with Crippen LogP contribution < -0.4 is 5.32 Å². The molecule has 0 unspecified atom stereocenters. The number of aliphatic imine (C=N–C) groups is 2. The molecule has 0 saturated carbocycles. The van der Waals surface area contributed by atoms with Gasteiger partial charge in [-0.2, -0.15) is 0 Å². The van der Waals surface area contributed by atoms with E-state index in [1.807, 2.05) is 0 Å². The standard InChI is InChI=1S/C10H18N4O/c1-9(13-8-11-3)12-6-5-7-14(4)10(2)15/h8,12H,1,3,5-7H2,2,4H3. The molecule has 0 fully saturated rings. The van der Waals surface area contributed by atoms with Gasteiger partial charge in [0.05, 0.1) is 0 Å². The predicted octanol–water partition coefficient (Wildman–Crippen LogP) is 0.645. The smallest absolute Gasteiger partial charge is 0.219 e. The zero-order valence-corrected chi connectivity index (χ0v) is 9.36. The number of carbonyl (C=O) groups is 1. The second kappa shape index (κ2) is 7.73. The van der Waals surface area contributed by atoms with Gasteiger partial charge >= 0.3 is 0 Å². The van der Waals surface area contributed by atoms with Crippen molar-refractivity contribution >= 4 is 19.0 Å². The van der Waals surface area contributed by atoms with Crippen molar-refractivity contribution in [3.8, 4) is 0 Å². The van der Waals surface area contributed by atoms with Crippen molar-refractivity contribution in [2.75, 3.05) is 20.1 Å². The van der Waals surface area contributed by atoms with Gasteiger partial charge < -0.3 is 10.2 Å². The molecule has 0 spiro atoms. The topological polar surface area (TPSA) is 57.1 Å². The first-order valence-corrected chi connectivity index (χ1v) is 4.70. The molecule has 5 nitrogen and oxygen atoms in total. The maximum absolute atomic E-state index is 10.9. The SMILES string of the molecule is C=NC=NC(=C)NCCCN(C)C(C)=O. The predicted molar refractivity (Wildman–Crippen MR) is 63.1 cm³/mol. The van der Waals surface area contributed by atoms with Crippen LogP contribution in [0.15, 0.2) is 22.4 Å². The molecule has 0 atom stereocenters. The fourth-order valence-electron chi connectivity index (χ4n) is 0.863. The summed E-state index contributed by atoms with van der Waals surface area (Å²) in [5, 5.41) is 2.99. The number of nitrogens with zero attached hydrogens (tertiary/aromatic N) is 3. The van der Waals surface area contributed by atoms with Gasteiger partial charge in [-0.25, -0.2) is 4.99 Å². The van der Waals surface area contributed by atoms with Crippen LogP contribution in [0.25, 0.3) is 0 Å². The zero-order valence-electron chi connectivity index (χ0n) is 9.36. The Balaban J connectivity index is 3.54. The molecule has 0 aliphatic rings. The van der Waals surface area contributed by atoms with Gasteiger partial charge in [-0.3, -0.25) is 9.79 Å². The molecule has 0 aliphatic carbocycles. The summed E-state index contributed by atoms with van der Waals surface area (Å²) < 4.78 is 0. The molecule has 5 heteroatoms. The molecular weight excluding hydrogens is 192 g/mol. The van der Waals surface area contributed by atoms with Crippen LogP contribution in [0.5, 0.6) is 0 Å². The van der Waals surface area contributed by atoms with Gasteiger partial charge in [0, 0.05) is 27.1 Å². The molecule has 0 saturated heterocycles. The molecule has 0 heterocycles. The summed E-state index contributed by atoms with van der Waals surface area (Å²) >= 11 is 0. The van der Waals surface area contributed by atoms with Gasteiger partial charge in [-0.1, -0.05) is 6.58 Å². The van der Waals surface area contributed by atoms with Gasteiger partial charge in [0.25, 0.3) is 0 Å². The van der Waals surface area contributed by atoms with Gasteiger partial charge in [0.2, 0.25) is 5.91 Å². The second-order valence-corrected chi connectivity index (χ2v) is 3.09. The molecule has 0 bridgehead atoms. The Morgan fingerprint density at radius 3 is 2.80 bits per heavy atom. The molecule has 0 aromatic heterocycles. The highest BCUT2D eigenvalue weighted by Gasteiger charge is 2.00. The van der Waals surface area contributed by atoms with Crippen LogP contribution in [0.1, 0.15) is 13.3 Å². The summed E-state index contributed by atoms with van der Waals surface area (Å²) in [6.45, 7) is 9.92. The first kappa shape index (κ1) is 13.4. The highest BCUT2D eigenvalue weighted by molar-refractivity contribution is 5.72. The van der Waals surface area contributed by atoms with E-state index in [1.165, 1.54) is 6.34 Å². The molecule has 0 aromatic carbocycles. The third-order valence-corrected chi connectivity index (χ3v) is 1.83. The zero-order chi connectivity index (χ0) is 11.7. The quantitative estimate of drug-likeness (QED) is 0.381. The number of carbonyl (C=O) groups excluding carboxylic acids is 1. The Bertz CT molecular complexity index is 260. The molecule has 1 amide bonds. The number of hydrogen-bond donors (Lipinski definition) is 1. The number of nitrogens with one attached hydrogen (secondary N) is 1. The molecular formula is C10H18N4O. The first-order valence-electron chi connectivity index (χ1n) is 4.70. The van der Waals surface area contributed by atoms with Crippen LogP contribution in [0, 0.1) is 0 Å². The van der Waals surface area contributed by atoms with Crippen LogP contribution in [0.2, 0.25) is 0 Å². The van der Waals surface area contributed by atoms with Gasteiger partial charge in [0.1, 0.15) is 12.2 Å². The first-order chi connectivity index (χ1) is 7.07. The minimum absolute atomic E-state index is 0.0719. The van der Waals surface area contributed by atoms with Crippen LogP contribution in [0.4, 0.5) is 0 Å². The minimum atomic E-state index is 0.0719. The molecule has 15 heavy (non-hydrogen) atoms. The normalized spacial score (nSPS) is 10.0. The summed E-state index contributed by atoms with van der Waals surface area (Å²) in [6.07, 6.45) is 2.18. The lowest BCUT2D eigenvalue weighted by Crippen LogP contribution is -2.27. The Kier molecular flexibility index (Phi) is 6.88. The molecule has 0 aromatic rings. The fraction of sp³-hybridized carbons (Fsp3) is 0.500. The molecule has 84 valence electrons. The van der Waals surface area contributed by atoms with Crippen molar-refractivity contribution in [1.82, 2.24) is 10.2 Å². The van der Waals surface area contributed by atoms with Gasteiger partial charge in [-0.15, -0.1) is 0 Å². The van der Waals surface area contributed by atoms with Crippen LogP contribution in [0.3, 0.4) is 0 Å². The van der Waals surface area contributed by atoms with Crippen molar-refractivity contribution < 1.29 is 4.79 Å². The fourth-order valence-corrected chi connectivity index (χ4v) is 0.863. The lowest BCUT2D eigenvalue weighted by Gasteiger charge is -2.14. The molecule has 0 radical (unpaired) electrons. The largest absolute Gasteiger partial charge is 0.370 e. The van der Waals surface area contributed by atoms with E-state index >= 15 is 0 Å². The highest BCUT2D eigenvalue weighted by atomic mass is 16.2. The van der Waals surface area contributed by atoms with Crippen LogP contribution >= 0.6 is 0 Å². The summed E-state index contributed by atoms with van der Waals surface area (Å²) in [5.41, 5.74) is 0. The maximum atomic E-state index is 10.9. The van der Waals surface area contributed by atoms with Crippen molar-refractivity contribution in [3.05, 3.63) is 12.4 Å². The van der Waals surface area contributed by atoms with E-state index < -0.39 is 0 Å². The maximum Gasteiger partial charge on any atom is 0.219 e. The summed E-state index contributed by atoms with van der Waals surface area (Å²) in [6, 6.07) is 0. The number of rotatable bonds is 7. The number of hydrogen-bond acceptors (Lipinski definition) is 3.